The highest BCUT2D eigenvalue weighted by atomic mass is 79.9. The van der Waals surface area contributed by atoms with Crippen molar-refractivity contribution in [2.45, 2.75) is 31.3 Å². The number of carbonyl (C=O) groups is 2. The number of anilines is 1. The second kappa shape index (κ2) is 6.37. The molecule has 2 bridgehead atoms. The minimum Gasteiger partial charge on any atom is -0.482 e. The maximum atomic E-state index is 13.0. The maximum Gasteiger partial charge on any atom is 0.265 e. The molecule has 3 aliphatic rings. The smallest absolute Gasteiger partial charge is 0.265 e. The van der Waals surface area contributed by atoms with E-state index in [-0.39, 0.29) is 31.0 Å². The number of rotatable bonds is 2. The molecule has 2 unspecified atom stereocenters. The summed E-state index contributed by atoms with van der Waals surface area (Å²) in [5.41, 5.74) is 0.670. The van der Waals surface area contributed by atoms with Crippen molar-refractivity contribution < 1.29 is 14.3 Å². The second-order valence-electron chi connectivity index (χ2n) is 6.56. The number of hydrogen-bond donors (Lipinski definition) is 1. The fourth-order valence-corrected chi connectivity index (χ4v) is 4.30. The molecule has 2 saturated heterocycles. The van der Waals surface area contributed by atoms with Crippen molar-refractivity contribution in [2.24, 2.45) is 0 Å². The lowest BCUT2D eigenvalue weighted by Gasteiger charge is -2.33. The zero-order valence-electron chi connectivity index (χ0n) is 13.3. The van der Waals surface area contributed by atoms with Crippen LogP contribution >= 0.6 is 15.9 Å². The zero-order chi connectivity index (χ0) is 16.7. The number of benzene rings is 1. The first-order valence-electron chi connectivity index (χ1n) is 8.38. The van der Waals surface area contributed by atoms with Crippen LogP contribution in [0.25, 0.3) is 0 Å². The number of amides is 2. The van der Waals surface area contributed by atoms with E-state index >= 15 is 0 Å². The number of halogens is 1. The Kier molecular flexibility index (Phi) is 4.22. The summed E-state index contributed by atoms with van der Waals surface area (Å²) in [5.74, 6) is 0.506. The number of nitrogens with one attached hydrogen (secondary N) is 1. The standard InChI is InChI=1S/C17H20BrN3O3/c18-11-1-4-14-15(7-11)24-10-17(23)20(14)9-16(22)21-12-2-3-13(21)8-19-6-5-12/h1,4,7,12-13,19H,2-3,5-6,8-10H2. The van der Waals surface area contributed by atoms with Crippen LogP contribution in [0.2, 0.25) is 0 Å². The van der Waals surface area contributed by atoms with Gasteiger partial charge in [0.2, 0.25) is 5.91 Å². The third-order valence-corrected chi connectivity index (χ3v) is 5.59. The van der Waals surface area contributed by atoms with Gasteiger partial charge in [-0.1, -0.05) is 15.9 Å². The molecule has 2 atom stereocenters. The molecule has 2 amide bonds. The molecule has 0 spiro atoms. The summed E-state index contributed by atoms with van der Waals surface area (Å²) < 4.78 is 6.38. The van der Waals surface area contributed by atoms with Gasteiger partial charge in [-0.25, -0.2) is 0 Å². The fourth-order valence-electron chi connectivity index (χ4n) is 3.96. The lowest BCUT2D eigenvalue weighted by Crippen LogP contribution is -2.50. The van der Waals surface area contributed by atoms with E-state index < -0.39 is 0 Å². The summed E-state index contributed by atoms with van der Waals surface area (Å²) in [4.78, 5) is 28.8. The highest BCUT2D eigenvalue weighted by Gasteiger charge is 2.39. The van der Waals surface area contributed by atoms with Crippen molar-refractivity contribution in [3.05, 3.63) is 22.7 Å². The summed E-state index contributed by atoms with van der Waals surface area (Å²) in [6, 6.07) is 6.07. The van der Waals surface area contributed by atoms with E-state index in [0.717, 1.165) is 36.8 Å². The van der Waals surface area contributed by atoms with Gasteiger partial charge in [0.15, 0.2) is 6.61 Å². The predicted octanol–water partition coefficient (Wildman–Crippen LogP) is 1.53. The van der Waals surface area contributed by atoms with E-state index in [1.54, 1.807) is 4.90 Å². The molecular weight excluding hydrogens is 374 g/mol. The van der Waals surface area contributed by atoms with Gasteiger partial charge in [0.1, 0.15) is 12.3 Å². The highest BCUT2D eigenvalue weighted by Crippen LogP contribution is 2.35. The molecule has 1 aromatic rings. The van der Waals surface area contributed by atoms with Gasteiger partial charge in [-0.15, -0.1) is 0 Å². The average Bonchev–Trinajstić information content (AvgIpc) is 2.83. The van der Waals surface area contributed by atoms with E-state index in [2.05, 4.69) is 21.2 Å². The lowest BCUT2D eigenvalue weighted by atomic mass is 10.1. The fraction of sp³-hybridized carbons (Fsp3) is 0.529. The molecule has 2 fully saturated rings. The van der Waals surface area contributed by atoms with Crippen molar-refractivity contribution in [3.8, 4) is 5.75 Å². The first-order valence-corrected chi connectivity index (χ1v) is 9.17. The van der Waals surface area contributed by atoms with E-state index in [1.165, 1.54) is 0 Å². The van der Waals surface area contributed by atoms with Crippen molar-refractivity contribution in [1.29, 1.82) is 0 Å². The Morgan fingerprint density at radius 1 is 1.29 bits per heavy atom. The minimum absolute atomic E-state index is 0.0227. The molecule has 128 valence electrons. The van der Waals surface area contributed by atoms with Gasteiger partial charge in [-0.05, 0) is 44.0 Å². The summed E-state index contributed by atoms with van der Waals surface area (Å²) in [7, 11) is 0. The monoisotopic (exact) mass is 393 g/mol. The third kappa shape index (κ3) is 2.80. The molecule has 6 nitrogen and oxygen atoms in total. The zero-order valence-corrected chi connectivity index (χ0v) is 14.9. The highest BCUT2D eigenvalue weighted by molar-refractivity contribution is 9.10. The van der Waals surface area contributed by atoms with E-state index in [1.807, 2.05) is 23.1 Å². The van der Waals surface area contributed by atoms with Crippen LogP contribution < -0.4 is 15.0 Å². The average molecular weight is 394 g/mol. The molecule has 1 N–H and O–H groups in total. The second-order valence-corrected chi connectivity index (χ2v) is 7.48. The van der Waals surface area contributed by atoms with Crippen molar-refractivity contribution in [2.75, 3.05) is 31.1 Å². The first-order chi connectivity index (χ1) is 11.6. The van der Waals surface area contributed by atoms with Crippen LogP contribution in [0.1, 0.15) is 19.3 Å². The van der Waals surface area contributed by atoms with E-state index in [0.29, 0.717) is 17.5 Å². The Morgan fingerprint density at radius 3 is 3.00 bits per heavy atom. The Balaban J connectivity index is 1.56. The van der Waals surface area contributed by atoms with E-state index in [9.17, 15) is 9.59 Å². The summed E-state index contributed by atoms with van der Waals surface area (Å²) in [6.07, 6.45) is 3.10. The topological polar surface area (TPSA) is 61.9 Å². The van der Waals surface area contributed by atoms with Gasteiger partial charge < -0.3 is 15.0 Å². The number of nitrogens with zero attached hydrogens (tertiary/aromatic N) is 2. The third-order valence-electron chi connectivity index (χ3n) is 5.10. The van der Waals surface area contributed by atoms with Gasteiger partial charge in [0.25, 0.3) is 5.91 Å². The number of carbonyl (C=O) groups excluding carboxylic acids is 2. The molecule has 3 aliphatic heterocycles. The maximum absolute atomic E-state index is 13.0. The Bertz CT molecular complexity index is 667. The van der Waals surface area contributed by atoms with Crippen LogP contribution in [0.5, 0.6) is 5.75 Å². The Labute approximate surface area is 149 Å². The first kappa shape index (κ1) is 15.9. The van der Waals surface area contributed by atoms with Crippen LogP contribution in [-0.4, -0.2) is 55.0 Å². The van der Waals surface area contributed by atoms with Gasteiger partial charge in [-0.2, -0.15) is 0 Å². The summed E-state index contributed by atoms with van der Waals surface area (Å²) >= 11 is 3.41. The van der Waals surface area contributed by atoms with Gasteiger partial charge in [0, 0.05) is 23.1 Å². The molecule has 0 radical (unpaired) electrons. The molecule has 4 rings (SSSR count). The number of ether oxygens (including phenoxy) is 1. The molecule has 0 aliphatic carbocycles. The molecule has 1 aromatic carbocycles. The van der Waals surface area contributed by atoms with Crippen LogP contribution in [0.15, 0.2) is 22.7 Å². The molecule has 0 aromatic heterocycles. The largest absolute Gasteiger partial charge is 0.482 e. The number of fused-ring (bicyclic) bond motifs is 3. The molecule has 24 heavy (non-hydrogen) atoms. The van der Waals surface area contributed by atoms with E-state index in [4.69, 9.17) is 4.74 Å². The quantitative estimate of drug-likeness (QED) is 0.827. The molecule has 0 saturated carbocycles. The van der Waals surface area contributed by atoms with Crippen molar-refractivity contribution in [3.63, 3.8) is 0 Å². The predicted molar refractivity (Wildman–Crippen MR) is 93.1 cm³/mol. The van der Waals surface area contributed by atoms with Crippen molar-refractivity contribution >= 4 is 33.4 Å². The Hall–Kier alpha value is -1.60. The minimum atomic E-state index is -0.168. The lowest BCUT2D eigenvalue weighted by molar-refractivity contribution is -0.134. The van der Waals surface area contributed by atoms with Crippen LogP contribution in [0.4, 0.5) is 5.69 Å². The summed E-state index contributed by atoms with van der Waals surface area (Å²) in [5, 5.41) is 3.40. The van der Waals surface area contributed by atoms with Crippen LogP contribution in [-0.2, 0) is 9.59 Å². The van der Waals surface area contributed by atoms with Crippen LogP contribution in [0.3, 0.4) is 0 Å². The molecule has 7 heteroatoms. The summed E-state index contributed by atoms with van der Waals surface area (Å²) in [6.45, 7) is 1.87. The van der Waals surface area contributed by atoms with Crippen molar-refractivity contribution in [1.82, 2.24) is 10.2 Å². The molecular formula is C17H20BrN3O3. The number of hydrogen-bond acceptors (Lipinski definition) is 4. The Morgan fingerprint density at radius 2 is 2.12 bits per heavy atom. The van der Waals surface area contributed by atoms with Gasteiger partial charge >= 0.3 is 0 Å². The molecule has 3 heterocycles. The SMILES string of the molecule is O=C1COc2cc(Br)ccc2N1CC(=O)N1C2CCNCC1CC2. The normalized spacial score (nSPS) is 26.0. The van der Waals surface area contributed by atoms with Gasteiger partial charge in [0.05, 0.1) is 5.69 Å². The van der Waals surface area contributed by atoms with Gasteiger partial charge in [-0.3, -0.25) is 14.5 Å². The van der Waals surface area contributed by atoms with Crippen LogP contribution in [0, 0.1) is 0 Å².